The second-order valence-corrected chi connectivity index (χ2v) is 7.52. The number of para-hydroxylation sites is 3. The molecule has 0 saturated carbocycles. The van der Waals surface area contributed by atoms with Crippen LogP contribution in [0.1, 0.15) is 23.2 Å². The highest BCUT2D eigenvalue weighted by Crippen LogP contribution is 2.35. The molecule has 5 nitrogen and oxygen atoms in total. The fourth-order valence-electron chi connectivity index (χ4n) is 4.52. The van der Waals surface area contributed by atoms with Crippen molar-refractivity contribution in [2.24, 2.45) is 7.05 Å². The van der Waals surface area contributed by atoms with Gasteiger partial charge in [0.25, 0.3) is 5.91 Å². The lowest BCUT2D eigenvalue weighted by atomic mass is 10.0. The van der Waals surface area contributed by atoms with E-state index in [0.717, 1.165) is 49.1 Å². The number of piperidine rings is 1. The summed E-state index contributed by atoms with van der Waals surface area (Å²) >= 11 is 0. The molecule has 0 unspecified atom stereocenters. The number of amides is 1. The number of nitrogens with one attached hydrogen (secondary N) is 1. The first-order chi connectivity index (χ1) is 13.2. The molecule has 2 aliphatic heterocycles. The van der Waals surface area contributed by atoms with Crippen molar-refractivity contribution >= 4 is 28.2 Å². The van der Waals surface area contributed by atoms with Gasteiger partial charge in [-0.1, -0.05) is 30.3 Å². The molecule has 3 aromatic rings. The highest BCUT2D eigenvalue weighted by molar-refractivity contribution is 6.07. The van der Waals surface area contributed by atoms with Gasteiger partial charge in [0.15, 0.2) is 0 Å². The zero-order chi connectivity index (χ0) is 18.4. The zero-order valence-electron chi connectivity index (χ0n) is 15.6. The van der Waals surface area contributed by atoms with Gasteiger partial charge in [0.05, 0.1) is 23.6 Å². The highest BCUT2D eigenvalue weighted by atomic mass is 16.2. The monoisotopic (exact) mass is 360 g/mol. The van der Waals surface area contributed by atoms with Gasteiger partial charge in [-0.05, 0) is 31.0 Å². The summed E-state index contributed by atoms with van der Waals surface area (Å²) in [7, 11) is 2.00. The number of anilines is 2. The predicted octanol–water partition coefficient (Wildman–Crippen LogP) is 3.67. The normalized spacial score (nSPS) is 17.2. The molecule has 1 fully saturated rings. The second-order valence-electron chi connectivity index (χ2n) is 7.52. The molecule has 0 radical (unpaired) electrons. The largest absolute Gasteiger partial charge is 0.366 e. The Labute approximate surface area is 159 Å². The Balaban J connectivity index is 1.31. The number of nitrogens with zero attached hydrogens (tertiary/aromatic N) is 3. The molecule has 2 aliphatic rings. The van der Waals surface area contributed by atoms with Crippen LogP contribution in [0.5, 0.6) is 0 Å². The number of carbonyl (C=O) groups is 1. The van der Waals surface area contributed by atoms with Crippen molar-refractivity contribution in [1.82, 2.24) is 9.47 Å². The van der Waals surface area contributed by atoms with E-state index in [2.05, 4.69) is 40.5 Å². The summed E-state index contributed by atoms with van der Waals surface area (Å²) < 4.78 is 2.04. The molecule has 0 spiro atoms. The van der Waals surface area contributed by atoms with Crippen LogP contribution in [0.2, 0.25) is 0 Å². The Morgan fingerprint density at radius 1 is 1.04 bits per heavy atom. The van der Waals surface area contributed by atoms with Gasteiger partial charge in [-0.15, -0.1) is 0 Å². The van der Waals surface area contributed by atoms with Crippen LogP contribution >= 0.6 is 0 Å². The average molecular weight is 360 g/mol. The van der Waals surface area contributed by atoms with Crippen LogP contribution in [-0.2, 0) is 7.05 Å². The molecule has 1 amide bonds. The van der Waals surface area contributed by atoms with Gasteiger partial charge in [-0.25, -0.2) is 0 Å². The Bertz CT molecular complexity index is 1000. The summed E-state index contributed by atoms with van der Waals surface area (Å²) in [6.45, 7) is 2.48. The van der Waals surface area contributed by atoms with Crippen LogP contribution in [0.4, 0.5) is 11.4 Å². The van der Waals surface area contributed by atoms with Gasteiger partial charge in [0.1, 0.15) is 0 Å². The summed E-state index contributed by atoms with van der Waals surface area (Å²) in [6.07, 6.45) is 3.98. The van der Waals surface area contributed by atoms with Crippen molar-refractivity contribution < 1.29 is 4.79 Å². The molecule has 2 aromatic carbocycles. The molecule has 1 N–H and O–H groups in total. The number of aryl methyl sites for hydroxylation is 1. The van der Waals surface area contributed by atoms with Crippen LogP contribution < -0.4 is 10.2 Å². The Morgan fingerprint density at radius 2 is 1.78 bits per heavy atom. The molecule has 1 saturated heterocycles. The Hall–Kier alpha value is -2.95. The smallest absolute Gasteiger partial charge is 0.256 e. The Kier molecular flexibility index (Phi) is 3.81. The molecule has 1 aromatic heterocycles. The average Bonchev–Trinajstić information content (AvgIpc) is 3.29. The number of fused-ring (bicyclic) bond motifs is 2. The molecule has 0 aliphatic carbocycles. The number of hydrogen-bond acceptors (Lipinski definition) is 3. The van der Waals surface area contributed by atoms with Crippen LogP contribution in [-0.4, -0.2) is 41.2 Å². The third-order valence-electron chi connectivity index (χ3n) is 5.97. The molecule has 0 atom stereocenters. The summed E-state index contributed by atoms with van der Waals surface area (Å²) in [6, 6.07) is 17.1. The van der Waals surface area contributed by atoms with Gasteiger partial charge >= 0.3 is 0 Å². The summed E-state index contributed by atoms with van der Waals surface area (Å²) in [4.78, 5) is 17.6. The summed E-state index contributed by atoms with van der Waals surface area (Å²) in [5.74, 6) is 0.158. The standard InChI is InChI=1S/C22H24N4O/c1-24-14-18(17-6-2-4-8-20(17)24)22(27)25-12-10-16(11-13-25)26-15-23-19-7-3-5-9-21(19)26/h2-9,14,16,23H,10-13,15H2,1H3. The van der Waals surface area contributed by atoms with E-state index >= 15 is 0 Å². The number of carbonyl (C=O) groups excluding carboxylic acids is 1. The van der Waals surface area contributed by atoms with E-state index < -0.39 is 0 Å². The third kappa shape index (κ3) is 2.65. The van der Waals surface area contributed by atoms with E-state index in [-0.39, 0.29) is 5.91 Å². The van der Waals surface area contributed by atoms with E-state index in [1.807, 2.05) is 40.9 Å². The van der Waals surface area contributed by atoms with Gasteiger partial charge in [0, 0.05) is 43.3 Å². The van der Waals surface area contributed by atoms with Crippen LogP contribution in [0.15, 0.2) is 54.7 Å². The molecule has 138 valence electrons. The summed E-state index contributed by atoms with van der Waals surface area (Å²) in [5.41, 5.74) is 4.43. The molecule has 5 rings (SSSR count). The van der Waals surface area contributed by atoms with Gasteiger partial charge < -0.3 is 19.7 Å². The molecular formula is C22H24N4O. The van der Waals surface area contributed by atoms with Crippen molar-refractivity contribution in [3.8, 4) is 0 Å². The summed E-state index contributed by atoms with van der Waals surface area (Å²) in [5, 5.41) is 4.52. The van der Waals surface area contributed by atoms with Crippen molar-refractivity contribution in [1.29, 1.82) is 0 Å². The first-order valence-electron chi connectivity index (χ1n) is 9.65. The fraction of sp³-hybridized carbons (Fsp3) is 0.318. The van der Waals surface area contributed by atoms with Gasteiger partial charge in [-0.3, -0.25) is 4.79 Å². The van der Waals surface area contributed by atoms with Crippen molar-refractivity contribution in [3.05, 3.63) is 60.3 Å². The van der Waals surface area contributed by atoms with Crippen LogP contribution in [0, 0.1) is 0 Å². The topological polar surface area (TPSA) is 40.5 Å². The minimum Gasteiger partial charge on any atom is -0.366 e. The van der Waals surface area contributed by atoms with Crippen molar-refractivity contribution in [3.63, 3.8) is 0 Å². The molecule has 27 heavy (non-hydrogen) atoms. The number of rotatable bonds is 2. The lowest BCUT2D eigenvalue weighted by Crippen LogP contribution is -2.46. The van der Waals surface area contributed by atoms with Crippen LogP contribution in [0.3, 0.4) is 0 Å². The molecule has 0 bridgehead atoms. The third-order valence-corrected chi connectivity index (χ3v) is 5.97. The lowest BCUT2D eigenvalue weighted by Gasteiger charge is -2.37. The van der Waals surface area contributed by atoms with E-state index in [1.165, 1.54) is 11.4 Å². The van der Waals surface area contributed by atoms with E-state index in [9.17, 15) is 4.79 Å². The number of benzene rings is 2. The number of aromatic nitrogens is 1. The zero-order valence-corrected chi connectivity index (χ0v) is 15.6. The first-order valence-corrected chi connectivity index (χ1v) is 9.65. The van der Waals surface area contributed by atoms with Crippen LogP contribution in [0.25, 0.3) is 10.9 Å². The number of likely N-dealkylation sites (tertiary alicyclic amines) is 1. The molecule has 3 heterocycles. The minimum absolute atomic E-state index is 0.158. The maximum atomic E-state index is 13.1. The lowest BCUT2D eigenvalue weighted by molar-refractivity contribution is 0.0714. The molecule has 5 heteroatoms. The predicted molar refractivity (Wildman–Crippen MR) is 109 cm³/mol. The van der Waals surface area contributed by atoms with Crippen molar-refractivity contribution in [2.45, 2.75) is 18.9 Å². The van der Waals surface area contributed by atoms with Gasteiger partial charge in [0.2, 0.25) is 0 Å². The van der Waals surface area contributed by atoms with Crippen molar-refractivity contribution in [2.75, 3.05) is 30.0 Å². The number of hydrogen-bond donors (Lipinski definition) is 1. The first kappa shape index (κ1) is 16.2. The maximum absolute atomic E-state index is 13.1. The van der Waals surface area contributed by atoms with E-state index in [1.54, 1.807) is 0 Å². The quantitative estimate of drug-likeness (QED) is 0.758. The Morgan fingerprint density at radius 3 is 2.63 bits per heavy atom. The van der Waals surface area contributed by atoms with Gasteiger partial charge in [-0.2, -0.15) is 0 Å². The van der Waals surface area contributed by atoms with E-state index in [0.29, 0.717) is 6.04 Å². The van der Waals surface area contributed by atoms with E-state index in [4.69, 9.17) is 0 Å². The molecular weight excluding hydrogens is 336 g/mol. The second kappa shape index (κ2) is 6.34. The fourth-order valence-corrected chi connectivity index (χ4v) is 4.52. The maximum Gasteiger partial charge on any atom is 0.256 e. The SMILES string of the molecule is Cn1cc(C(=O)N2CCC(N3CNc4ccccc43)CC2)c2ccccc21. The highest BCUT2D eigenvalue weighted by Gasteiger charge is 2.31. The minimum atomic E-state index is 0.158.